The van der Waals surface area contributed by atoms with Gasteiger partial charge in [0.05, 0.1) is 0 Å². The van der Waals surface area contributed by atoms with Gasteiger partial charge in [-0.3, -0.25) is 9.59 Å². The number of hydrogen-bond acceptors (Lipinski definition) is 5. The standard InChI is InChI=1S/C27H45N3O4S/c1-12-27(10,11)30(23(32)20(16-35)28-24(33)34-26(7,8)9)21(22(31)29-25(4,5)6)19-14-17(2)13-18(3)15-19/h13-15,20-21,35H,12,16H2,1-11H3,(H,28,33)(H,29,31). The van der Waals surface area contributed by atoms with E-state index in [1.54, 1.807) is 25.7 Å². The van der Waals surface area contributed by atoms with E-state index in [9.17, 15) is 14.4 Å². The summed E-state index contributed by atoms with van der Waals surface area (Å²) in [6.45, 7) is 20.7. The van der Waals surface area contributed by atoms with E-state index < -0.39 is 40.8 Å². The topological polar surface area (TPSA) is 87.7 Å². The highest BCUT2D eigenvalue weighted by Crippen LogP contribution is 2.33. The Morgan fingerprint density at radius 3 is 1.89 bits per heavy atom. The second kappa shape index (κ2) is 11.7. The van der Waals surface area contributed by atoms with Crippen molar-refractivity contribution >= 4 is 30.5 Å². The fraction of sp³-hybridized carbons (Fsp3) is 0.667. The maximum atomic E-state index is 14.1. The van der Waals surface area contributed by atoms with Crippen molar-refractivity contribution in [2.24, 2.45) is 0 Å². The number of benzene rings is 1. The van der Waals surface area contributed by atoms with Gasteiger partial charge in [0, 0.05) is 16.8 Å². The van der Waals surface area contributed by atoms with Gasteiger partial charge in [0.1, 0.15) is 17.7 Å². The van der Waals surface area contributed by atoms with Crippen LogP contribution in [0.1, 0.15) is 91.5 Å². The van der Waals surface area contributed by atoms with Crippen LogP contribution in [0.2, 0.25) is 0 Å². The zero-order valence-electron chi connectivity index (χ0n) is 23.3. The van der Waals surface area contributed by atoms with Crippen molar-refractivity contribution < 1.29 is 19.1 Å². The van der Waals surface area contributed by atoms with E-state index in [1.807, 2.05) is 73.6 Å². The zero-order chi connectivity index (χ0) is 27.4. The summed E-state index contributed by atoms with van der Waals surface area (Å²) in [4.78, 5) is 41.9. The lowest BCUT2D eigenvalue weighted by Gasteiger charge is -2.45. The Balaban J connectivity index is 3.65. The summed E-state index contributed by atoms with van der Waals surface area (Å²) in [6, 6.07) is 4.01. The number of amides is 3. The molecule has 0 bridgehead atoms. The number of alkyl carbamates (subject to hydrolysis) is 1. The molecule has 0 spiro atoms. The van der Waals surface area contributed by atoms with Crippen LogP contribution in [-0.2, 0) is 14.3 Å². The summed E-state index contributed by atoms with van der Waals surface area (Å²) in [6.07, 6.45) is -0.115. The fourth-order valence-corrected chi connectivity index (χ4v) is 4.02. The number of hydrogen-bond donors (Lipinski definition) is 3. The van der Waals surface area contributed by atoms with Crippen LogP contribution in [0.15, 0.2) is 18.2 Å². The highest BCUT2D eigenvalue weighted by molar-refractivity contribution is 7.80. The minimum Gasteiger partial charge on any atom is -0.444 e. The van der Waals surface area contributed by atoms with Crippen LogP contribution in [-0.4, -0.2) is 51.3 Å². The highest BCUT2D eigenvalue weighted by Gasteiger charge is 2.43. The molecule has 2 unspecified atom stereocenters. The molecule has 0 aliphatic carbocycles. The Morgan fingerprint density at radius 1 is 0.971 bits per heavy atom. The van der Waals surface area contributed by atoms with Crippen LogP contribution < -0.4 is 10.6 Å². The zero-order valence-corrected chi connectivity index (χ0v) is 24.2. The third-order valence-corrected chi connectivity index (χ3v) is 5.86. The molecule has 0 aliphatic rings. The van der Waals surface area contributed by atoms with Crippen molar-refractivity contribution in [2.75, 3.05) is 5.75 Å². The van der Waals surface area contributed by atoms with Crippen molar-refractivity contribution in [3.05, 3.63) is 34.9 Å². The molecular formula is C27H45N3O4S. The van der Waals surface area contributed by atoms with Gasteiger partial charge in [-0.2, -0.15) is 12.6 Å². The van der Waals surface area contributed by atoms with Crippen molar-refractivity contribution in [3.63, 3.8) is 0 Å². The molecule has 8 heteroatoms. The molecule has 1 aromatic carbocycles. The van der Waals surface area contributed by atoms with E-state index >= 15 is 0 Å². The van der Waals surface area contributed by atoms with Crippen molar-refractivity contribution in [3.8, 4) is 0 Å². The second-order valence-electron chi connectivity index (χ2n) is 11.8. The lowest BCUT2D eigenvalue weighted by molar-refractivity contribution is -0.149. The molecule has 0 saturated heterocycles. The number of thiol groups is 1. The van der Waals surface area contributed by atoms with Gasteiger partial charge in [0.15, 0.2) is 0 Å². The van der Waals surface area contributed by atoms with Gasteiger partial charge < -0.3 is 20.3 Å². The average molecular weight is 508 g/mol. The summed E-state index contributed by atoms with van der Waals surface area (Å²) >= 11 is 4.35. The molecule has 1 aromatic rings. The van der Waals surface area contributed by atoms with E-state index in [0.717, 1.165) is 11.1 Å². The number of carbonyl (C=O) groups excluding carboxylic acids is 3. The second-order valence-corrected chi connectivity index (χ2v) is 12.2. The average Bonchev–Trinajstić information content (AvgIpc) is 2.65. The SMILES string of the molecule is CCC(C)(C)N(C(=O)C(CS)NC(=O)OC(C)(C)C)C(C(=O)NC(C)(C)C)c1cc(C)cc(C)c1. The molecule has 0 heterocycles. The van der Waals surface area contributed by atoms with Crippen LogP contribution in [0, 0.1) is 13.8 Å². The minimum atomic E-state index is -0.977. The summed E-state index contributed by atoms with van der Waals surface area (Å²) in [7, 11) is 0. The molecule has 0 aromatic heterocycles. The van der Waals surface area contributed by atoms with Crippen LogP contribution in [0.3, 0.4) is 0 Å². The van der Waals surface area contributed by atoms with E-state index in [-0.39, 0.29) is 11.7 Å². The Hall–Kier alpha value is -2.22. The van der Waals surface area contributed by atoms with Gasteiger partial charge >= 0.3 is 6.09 Å². The van der Waals surface area contributed by atoms with E-state index in [2.05, 4.69) is 23.3 Å². The number of nitrogens with one attached hydrogen (secondary N) is 2. The molecule has 0 saturated carbocycles. The normalized spacial score (nSPS) is 14.1. The Bertz CT molecular complexity index is 896. The Morgan fingerprint density at radius 2 is 1.49 bits per heavy atom. The summed E-state index contributed by atoms with van der Waals surface area (Å²) in [5.41, 5.74) is 0.780. The van der Waals surface area contributed by atoms with Crippen molar-refractivity contribution in [1.29, 1.82) is 0 Å². The van der Waals surface area contributed by atoms with Crippen LogP contribution >= 0.6 is 12.6 Å². The summed E-state index contributed by atoms with van der Waals surface area (Å²) in [5.74, 6) is -0.632. The van der Waals surface area contributed by atoms with Gasteiger partial charge in [0.2, 0.25) is 11.8 Å². The maximum Gasteiger partial charge on any atom is 0.408 e. The van der Waals surface area contributed by atoms with Gasteiger partial charge in [-0.25, -0.2) is 4.79 Å². The molecule has 0 fully saturated rings. The predicted octanol–water partition coefficient (Wildman–Crippen LogP) is 5.10. The molecule has 198 valence electrons. The molecule has 0 radical (unpaired) electrons. The molecule has 0 aliphatic heterocycles. The van der Waals surface area contributed by atoms with Gasteiger partial charge in [0.25, 0.3) is 0 Å². The molecule has 1 rings (SSSR count). The fourth-order valence-electron chi connectivity index (χ4n) is 3.77. The van der Waals surface area contributed by atoms with Gasteiger partial charge in [-0.15, -0.1) is 0 Å². The molecule has 7 nitrogen and oxygen atoms in total. The quantitative estimate of drug-likeness (QED) is 0.427. The number of aryl methyl sites for hydroxylation is 2. The first-order valence-electron chi connectivity index (χ1n) is 12.1. The van der Waals surface area contributed by atoms with E-state index in [1.165, 1.54) is 0 Å². The van der Waals surface area contributed by atoms with Crippen LogP contribution in [0.4, 0.5) is 4.79 Å². The van der Waals surface area contributed by atoms with Crippen LogP contribution in [0.5, 0.6) is 0 Å². The predicted molar refractivity (Wildman–Crippen MR) is 145 cm³/mol. The van der Waals surface area contributed by atoms with Gasteiger partial charge in [-0.1, -0.05) is 36.2 Å². The molecule has 3 amide bonds. The largest absolute Gasteiger partial charge is 0.444 e. The molecule has 2 atom stereocenters. The third-order valence-electron chi connectivity index (χ3n) is 5.49. The van der Waals surface area contributed by atoms with Gasteiger partial charge in [-0.05, 0) is 81.2 Å². The van der Waals surface area contributed by atoms with Crippen molar-refractivity contribution in [2.45, 2.75) is 111 Å². The highest BCUT2D eigenvalue weighted by atomic mass is 32.1. The number of nitrogens with zero attached hydrogens (tertiary/aromatic N) is 1. The first-order chi connectivity index (χ1) is 15.8. The van der Waals surface area contributed by atoms with Crippen LogP contribution in [0.25, 0.3) is 0 Å². The van der Waals surface area contributed by atoms with E-state index in [0.29, 0.717) is 12.0 Å². The Kier molecular flexibility index (Phi) is 10.3. The van der Waals surface area contributed by atoms with E-state index in [4.69, 9.17) is 4.74 Å². The lowest BCUT2D eigenvalue weighted by atomic mass is 9.90. The first kappa shape index (κ1) is 30.8. The summed E-state index contributed by atoms with van der Waals surface area (Å²) in [5, 5.41) is 5.71. The first-order valence-corrected chi connectivity index (χ1v) is 12.8. The molecular weight excluding hydrogens is 462 g/mol. The summed E-state index contributed by atoms with van der Waals surface area (Å²) < 4.78 is 5.37. The Labute approximate surface area is 217 Å². The lowest BCUT2D eigenvalue weighted by Crippen LogP contribution is -2.60. The smallest absolute Gasteiger partial charge is 0.408 e. The number of rotatable bonds is 8. The number of carbonyl (C=O) groups is 3. The maximum absolute atomic E-state index is 14.1. The molecule has 2 N–H and O–H groups in total. The monoisotopic (exact) mass is 507 g/mol. The molecule has 35 heavy (non-hydrogen) atoms. The number of ether oxygens (including phenoxy) is 1. The third kappa shape index (κ3) is 9.39. The van der Waals surface area contributed by atoms with Crippen molar-refractivity contribution in [1.82, 2.24) is 15.5 Å². The minimum absolute atomic E-state index is 0.0504.